The van der Waals surface area contributed by atoms with Crippen LogP contribution in [0.25, 0.3) is 11.2 Å². The number of rotatable bonds is 8. The Morgan fingerprint density at radius 1 is 1.11 bits per heavy atom. The Labute approximate surface area is 211 Å². The average molecular weight is 557 g/mol. The van der Waals surface area contributed by atoms with E-state index in [2.05, 4.69) is 24.9 Å². The zero-order valence-corrected chi connectivity index (χ0v) is 20.3. The number of nitrogens with one attached hydrogen (secondary N) is 1. The molecule has 19 nitrogen and oxygen atoms in total. The fraction of sp³-hybridized carbons (Fsp3) is 0.556. The van der Waals surface area contributed by atoms with Crippen LogP contribution >= 0.6 is 7.82 Å². The van der Waals surface area contributed by atoms with Crippen LogP contribution in [0, 0.1) is 0 Å². The third kappa shape index (κ3) is 5.18. The topological polar surface area (TPSA) is 278 Å². The molecule has 3 aromatic rings. The molecule has 206 valence electrons. The van der Waals surface area contributed by atoms with Crippen LogP contribution in [0.2, 0.25) is 0 Å². The molecule has 38 heavy (non-hydrogen) atoms. The van der Waals surface area contributed by atoms with Crippen LogP contribution in [0.3, 0.4) is 0 Å². The van der Waals surface area contributed by atoms with Crippen LogP contribution in [-0.4, -0.2) is 86.8 Å². The second-order valence-corrected chi connectivity index (χ2v) is 9.97. The summed E-state index contributed by atoms with van der Waals surface area (Å²) in [6.45, 7) is -1.13. The monoisotopic (exact) mass is 557 g/mol. The van der Waals surface area contributed by atoms with E-state index in [1.54, 1.807) is 0 Å². The number of fused-ring (bicyclic) bond motifs is 1. The van der Waals surface area contributed by atoms with Crippen molar-refractivity contribution in [1.82, 2.24) is 34.1 Å². The van der Waals surface area contributed by atoms with E-state index in [9.17, 15) is 29.3 Å². The highest BCUT2D eigenvalue weighted by molar-refractivity contribution is 7.47. The number of nitrogen functional groups attached to an aromatic ring is 2. The molecule has 0 aromatic carbocycles. The van der Waals surface area contributed by atoms with Gasteiger partial charge in [-0.05, 0) is 0 Å². The Hall–Kier alpha value is -3.29. The fourth-order valence-corrected chi connectivity index (χ4v) is 5.22. The lowest BCUT2D eigenvalue weighted by Gasteiger charge is -2.21. The van der Waals surface area contributed by atoms with Crippen LogP contribution in [0.5, 0.6) is 0 Å². The van der Waals surface area contributed by atoms with Gasteiger partial charge >= 0.3 is 13.5 Å². The van der Waals surface area contributed by atoms with Crippen molar-refractivity contribution < 1.29 is 38.2 Å². The number of aromatic amines is 1. The van der Waals surface area contributed by atoms with E-state index in [0.29, 0.717) is 0 Å². The predicted octanol–water partition coefficient (Wildman–Crippen LogP) is -2.63. The van der Waals surface area contributed by atoms with Crippen molar-refractivity contribution in [2.45, 2.75) is 49.7 Å². The van der Waals surface area contributed by atoms with E-state index in [-0.39, 0.29) is 35.9 Å². The summed E-state index contributed by atoms with van der Waals surface area (Å²) in [5, 5.41) is 20.1. The first-order valence-electron chi connectivity index (χ1n) is 11.2. The SMILES string of the molecule is Nc1ncn([C@H]2CC(OP(=O)(O)OC[C@H]3O[C@H](n4cnc5c(=O)[nH]c(N)nc54)C[C@@H]3O)[C@@H](CO)O2)c(=O)n1. The molecule has 5 heterocycles. The molecule has 7 atom stereocenters. The number of ether oxygens (including phenoxy) is 2. The van der Waals surface area contributed by atoms with Gasteiger partial charge in [0, 0.05) is 12.8 Å². The molecule has 0 bridgehead atoms. The van der Waals surface area contributed by atoms with E-state index in [0.717, 1.165) is 10.9 Å². The standard InChI is InChI=1S/C18H24N9O10P/c19-16-22-6-27(18(31)25-16)12-2-8(9(3-28)35-12)37-38(32,33)34-4-10-7(29)1-11(36-10)26-5-21-13-14(26)23-17(20)24-15(13)30/h5-12,28-29H,1-4H2,(H,32,33)(H2,19,25,31)(H3,20,23,24,30)/t7-,8?,9+,10+,11-,12+/m0/s1. The molecule has 5 rings (SSSR count). The quantitative estimate of drug-likeness (QED) is 0.154. The number of aliphatic hydroxyl groups excluding tert-OH is 2. The molecule has 0 amide bonds. The molecule has 0 saturated carbocycles. The molecule has 2 unspecified atom stereocenters. The molecule has 2 saturated heterocycles. The third-order valence-electron chi connectivity index (χ3n) is 6.05. The number of aliphatic hydroxyl groups is 2. The molecule has 2 aliphatic heterocycles. The summed E-state index contributed by atoms with van der Waals surface area (Å²) >= 11 is 0. The number of nitrogens with zero attached hydrogens (tertiary/aromatic N) is 6. The van der Waals surface area contributed by atoms with E-state index in [1.165, 1.54) is 10.9 Å². The number of H-pyrrole nitrogens is 1. The first kappa shape index (κ1) is 26.3. The maximum Gasteiger partial charge on any atom is 0.472 e. The number of anilines is 2. The normalized spacial score (nSPS) is 29.1. The molecule has 8 N–H and O–H groups in total. The van der Waals surface area contributed by atoms with Gasteiger partial charge in [0.2, 0.25) is 11.9 Å². The lowest BCUT2D eigenvalue weighted by atomic mass is 10.2. The predicted molar refractivity (Wildman–Crippen MR) is 124 cm³/mol. The Balaban J connectivity index is 1.22. The van der Waals surface area contributed by atoms with Gasteiger partial charge in [-0.15, -0.1) is 0 Å². The Morgan fingerprint density at radius 2 is 1.82 bits per heavy atom. The number of hydrogen-bond acceptors (Lipinski definition) is 15. The van der Waals surface area contributed by atoms with E-state index >= 15 is 0 Å². The van der Waals surface area contributed by atoms with Crippen LogP contribution in [0.15, 0.2) is 22.2 Å². The Bertz CT molecular complexity index is 1490. The summed E-state index contributed by atoms with van der Waals surface area (Å²) in [6, 6.07) is 0. The number of phosphoric acid groups is 1. The molecule has 2 fully saturated rings. The molecule has 0 aliphatic carbocycles. The van der Waals surface area contributed by atoms with Gasteiger partial charge < -0.3 is 36.0 Å². The minimum absolute atomic E-state index is 0.0218. The maximum absolute atomic E-state index is 12.7. The largest absolute Gasteiger partial charge is 0.472 e. The van der Waals surface area contributed by atoms with E-state index in [1.807, 2.05) is 0 Å². The molecular weight excluding hydrogens is 533 g/mol. The van der Waals surface area contributed by atoms with Crippen molar-refractivity contribution in [3.05, 3.63) is 33.5 Å². The van der Waals surface area contributed by atoms with Crippen LogP contribution in [0.4, 0.5) is 11.9 Å². The van der Waals surface area contributed by atoms with Gasteiger partial charge in [0.15, 0.2) is 11.2 Å². The highest BCUT2D eigenvalue weighted by Gasteiger charge is 2.43. The van der Waals surface area contributed by atoms with Gasteiger partial charge in [0.25, 0.3) is 5.56 Å². The molecule has 3 aromatic heterocycles. The number of nitrogens with two attached hydrogens (primary N) is 2. The maximum atomic E-state index is 12.7. The summed E-state index contributed by atoms with van der Waals surface area (Å²) < 4.78 is 36.6. The zero-order valence-electron chi connectivity index (χ0n) is 19.4. The van der Waals surface area contributed by atoms with Gasteiger partial charge in [0.1, 0.15) is 37.1 Å². The van der Waals surface area contributed by atoms with Gasteiger partial charge in [0.05, 0.1) is 25.6 Å². The number of phosphoric ester groups is 1. The van der Waals surface area contributed by atoms with E-state index in [4.69, 9.17) is 30.0 Å². The number of aromatic nitrogens is 7. The molecule has 0 spiro atoms. The van der Waals surface area contributed by atoms with Crippen LogP contribution in [-0.2, 0) is 23.1 Å². The van der Waals surface area contributed by atoms with Crippen molar-refractivity contribution >= 4 is 30.9 Å². The summed E-state index contributed by atoms with van der Waals surface area (Å²) in [7, 11) is -4.76. The summed E-state index contributed by atoms with van der Waals surface area (Å²) in [5.74, 6) is -0.369. The van der Waals surface area contributed by atoms with Crippen LogP contribution in [0.1, 0.15) is 25.3 Å². The van der Waals surface area contributed by atoms with Gasteiger partial charge in [-0.25, -0.2) is 19.3 Å². The Kier molecular flexibility index (Phi) is 7.01. The first-order chi connectivity index (χ1) is 18.0. The Morgan fingerprint density at radius 3 is 2.55 bits per heavy atom. The van der Waals surface area contributed by atoms with Crippen LogP contribution < -0.4 is 22.7 Å². The average Bonchev–Trinajstić information content (AvgIpc) is 3.54. The highest BCUT2D eigenvalue weighted by Crippen LogP contribution is 2.49. The molecular formula is C18H24N9O10P. The second kappa shape index (κ2) is 10.1. The summed E-state index contributed by atoms with van der Waals surface area (Å²) in [5.41, 5.74) is 9.82. The van der Waals surface area contributed by atoms with Crippen molar-refractivity contribution in [3.8, 4) is 0 Å². The minimum atomic E-state index is -4.76. The van der Waals surface area contributed by atoms with Gasteiger partial charge in [-0.3, -0.25) is 28.0 Å². The third-order valence-corrected chi connectivity index (χ3v) is 7.06. The van der Waals surface area contributed by atoms with Gasteiger partial charge in [-0.1, -0.05) is 0 Å². The van der Waals surface area contributed by atoms with Crippen molar-refractivity contribution in [2.75, 3.05) is 24.7 Å². The lowest BCUT2D eigenvalue weighted by molar-refractivity contribution is -0.0565. The van der Waals surface area contributed by atoms with Crippen molar-refractivity contribution in [2.24, 2.45) is 0 Å². The highest BCUT2D eigenvalue weighted by atomic mass is 31.2. The summed E-state index contributed by atoms with van der Waals surface area (Å²) in [6.07, 6.45) is -3.86. The number of hydrogen-bond donors (Lipinski definition) is 6. The zero-order chi connectivity index (χ0) is 27.2. The van der Waals surface area contributed by atoms with E-state index < -0.39 is 69.2 Å². The lowest BCUT2D eigenvalue weighted by Crippen LogP contribution is -2.29. The summed E-state index contributed by atoms with van der Waals surface area (Å²) in [4.78, 5) is 51.9. The minimum Gasteiger partial charge on any atom is -0.394 e. The van der Waals surface area contributed by atoms with Crippen molar-refractivity contribution in [3.63, 3.8) is 0 Å². The smallest absolute Gasteiger partial charge is 0.394 e. The first-order valence-corrected chi connectivity index (χ1v) is 12.7. The molecule has 2 aliphatic rings. The fourth-order valence-electron chi connectivity index (χ4n) is 4.26. The molecule has 0 radical (unpaired) electrons. The van der Waals surface area contributed by atoms with Gasteiger partial charge in [-0.2, -0.15) is 9.97 Å². The molecule has 20 heteroatoms. The second-order valence-electron chi connectivity index (χ2n) is 8.57. The number of imidazole rings is 1. The van der Waals surface area contributed by atoms with Crippen molar-refractivity contribution in [1.29, 1.82) is 0 Å².